The molecule has 3 aromatic heterocycles. The van der Waals surface area contributed by atoms with Crippen molar-refractivity contribution in [2.75, 3.05) is 5.32 Å². The van der Waals surface area contributed by atoms with Crippen molar-refractivity contribution in [3.05, 3.63) is 36.8 Å². The van der Waals surface area contributed by atoms with Crippen molar-refractivity contribution in [1.29, 1.82) is 0 Å². The fourth-order valence-corrected chi connectivity index (χ4v) is 2.00. The molecule has 0 bridgehead atoms. The Labute approximate surface area is 116 Å². The van der Waals surface area contributed by atoms with Gasteiger partial charge in [0.15, 0.2) is 5.65 Å². The molecule has 0 amide bonds. The van der Waals surface area contributed by atoms with Crippen molar-refractivity contribution in [3.8, 4) is 0 Å². The number of aromatic nitrogens is 6. The zero-order valence-electron chi connectivity index (χ0n) is 11.4. The number of hydrogen-bond donors (Lipinski definition) is 1. The molecular formula is C13H15N7. The second-order valence-corrected chi connectivity index (χ2v) is 4.70. The third kappa shape index (κ3) is 2.56. The Hall–Kier alpha value is -2.57. The van der Waals surface area contributed by atoms with Gasteiger partial charge in [-0.05, 0) is 6.92 Å². The molecule has 0 saturated heterocycles. The summed E-state index contributed by atoms with van der Waals surface area (Å²) < 4.78 is 1.89. The summed E-state index contributed by atoms with van der Waals surface area (Å²) in [6.45, 7) is 2.06. The molecule has 1 N–H and O–H groups in total. The molecule has 0 saturated carbocycles. The van der Waals surface area contributed by atoms with Gasteiger partial charge < -0.3 is 9.88 Å². The predicted octanol–water partition coefficient (Wildman–Crippen LogP) is 1.20. The van der Waals surface area contributed by atoms with E-state index in [2.05, 4.69) is 37.2 Å². The van der Waals surface area contributed by atoms with E-state index >= 15 is 0 Å². The molecule has 0 aliphatic carbocycles. The second-order valence-electron chi connectivity index (χ2n) is 4.70. The molecule has 0 radical (unpaired) electrons. The third-order valence-corrected chi connectivity index (χ3v) is 2.99. The van der Waals surface area contributed by atoms with E-state index < -0.39 is 0 Å². The smallest absolute Gasteiger partial charge is 0.225 e. The summed E-state index contributed by atoms with van der Waals surface area (Å²) in [4.78, 5) is 21.2. The highest BCUT2D eigenvalue weighted by atomic mass is 15.2. The van der Waals surface area contributed by atoms with Gasteiger partial charge in [-0.15, -0.1) is 0 Å². The molecule has 0 fully saturated rings. The van der Waals surface area contributed by atoms with Crippen LogP contribution in [0.1, 0.15) is 12.6 Å². The van der Waals surface area contributed by atoms with E-state index in [1.165, 1.54) is 0 Å². The zero-order valence-corrected chi connectivity index (χ0v) is 11.4. The van der Waals surface area contributed by atoms with Gasteiger partial charge in [0.1, 0.15) is 5.52 Å². The van der Waals surface area contributed by atoms with Crippen LogP contribution >= 0.6 is 0 Å². The summed E-state index contributed by atoms with van der Waals surface area (Å²) in [6, 6.07) is 0.160. The van der Waals surface area contributed by atoms with Crippen molar-refractivity contribution in [2.24, 2.45) is 7.05 Å². The lowest BCUT2D eigenvalue weighted by molar-refractivity contribution is 0.755. The summed E-state index contributed by atoms with van der Waals surface area (Å²) in [6.07, 6.45) is 9.38. The van der Waals surface area contributed by atoms with Crippen LogP contribution in [0.4, 0.5) is 5.95 Å². The molecule has 3 aromatic rings. The summed E-state index contributed by atoms with van der Waals surface area (Å²) in [7, 11) is 1.92. The Bertz CT molecular complexity index is 707. The number of nitrogens with zero attached hydrogens (tertiary/aromatic N) is 6. The van der Waals surface area contributed by atoms with Gasteiger partial charge in [0.05, 0.1) is 18.2 Å². The quantitative estimate of drug-likeness (QED) is 0.766. The minimum atomic E-state index is 0.160. The summed E-state index contributed by atoms with van der Waals surface area (Å²) >= 11 is 0. The molecule has 20 heavy (non-hydrogen) atoms. The Morgan fingerprint density at radius 1 is 1.20 bits per heavy atom. The van der Waals surface area contributed by atoms with Crippen LogP contribution in [0.15, 0.2) is 31.1 Å². The van der Waals surface area contributed by atoms with Crippen molar-refractivity contribution in [2.45, 2.75) is 19.4 Å². The molecular weight excluding hydrogens is 254 g/mol. The SMILES string of the molecule is CC(Cc1cnccn1)Nc1ncc2c(ncn2C)n1. The molecule has 7 heteroatoms. The van der Waals surface area contributed by atoms with Crippen molar-refractivity contribution >= 4 is 17.1 Å². The van der Waals surface area contributed by atoms with Gasteiger partial charge in [0, 0.05) is 38.1 Å². The average Bonchev–Trinajstić information content (AvgIpc) is 2.81. The van der Waals surface area contributed by atoms with Gasteiger partial charge in [-0.2, -0.15) is 4.98 Å². The molecule has 0 aliphatic heterocycles. The first-order chi connectivity index (χ1) is 9.72. The van der Waals surface area contributed by atoms with E-state index in [4.69, 9.17) is 0 Å². The third-order valence-electron chi connectivity index (χ3n) is 2.99. The van der Waals surface area contributed by atoms with E-state index in [1.807, 2.05) is 11.6 Å². The fraction of sp³-hybridized carbons (Fsp3) is 0.308. The first-order valence-corrected chi connectivity index (χ1v) is 6.38. The Morgan fingerprint density at radius 2 is 2.10 bits per heavy atom. The lowest BCUT2D eigenvalue weighted by Crippen LogP contribution is -2.20. The van der Waals surface area contributed by atoms with E-state index in [1.54, 1.807) is 31.1 Å². The number of hydrogen-bond acceptors (Lipinski definition) is 6. The number of aryl methyl sites for hydroxylation is 1. The monoisotopic (exact) mass is 269 g/mol. The van der Waals surface area contributed by atoms with E-state index in [9.17, 15) is 0 Å². The number of nitrogens with one attached hydrogen (secondary N) is 1. The zero-order chi connectivity index (χ0) is 13.9. The van der Waals surface area contributed by atoms with E-state index in [0.717, 1.165) is 17.6 Å². The van der Waals surface area contributed by atoms with Crippen LogP contribution in [-0.4, -0.2) is 35.5 Å². The highest BCUT2D eigenvalue weighted by molar-refractivity contribution is 5.70. The maximum Gasteiger partial charge on any atom is 0.225 e. The number of rotatable bonds is 4. The molecule has 1 unspecified atom stereocenters. The minimum absolute atomic E-state index is 0.160. The van der Waals surface area contributed by atoms with Crippen LogP contribution < -0.4 is 5.32 Å². The summed E-state index contributed by atoms with van der Waals surface area (Å²) in [5.74, 6) is 0.576. The first-order valence-electron chi connectivity index (χ1n) is 6.38. The highest BCUT2D eigenvalue weighted by Crippen LogP contribution is 2.11. The number of imidazole rings is 1. The van der Waals surface area contributed by atoms with Crippen molar-refractivity contribution < 1.29 is 0 Å². The van der Waals surface area contributed by atoms with Gasteiger partial charge in [-0.1, -0.05) is 0 Å². The lowest BCUT2D eigenvalue weighted by Gasteiger charge is -2.12. The first kappa shape index (κ1) is 12.5. The molecule has 1 atom stereocenters. The number of fused-ring (bicyclic) bond motifs is 1. The largest absolute Gasteiger partial charge is 0.351 e. The highest BCUT2D eigenvalue weighted by Gasteiger charge is 2.08. The molecule has 0 aliphatic rings. The van der Waals surface area contributed by atoms with Gasteiger partial charge in [0.25, 0.3) is 0 Å². The van der Waals surface area contributed by atoms with Crippen LogP contribution in [0, 0.1) is 0 Å². The van der Waals surface area contributed by atoms with Crippen molar-refractivity contribution in [3.63, 3.8) is 0 Å². The second kappa shape index (κ2) is 5.20. The predicted molar refractivity (Wildman–Crippen MR) is 75.1 cm³/mol. The molecule has 0 aromatic carbocycles. The van der Waals surface area contributed by atoms with Crippen molar-refractivity contribution in [1.82, 2.24) is 29.5 Å². The van der Waals surface area contributed by atoms with E-state index in [-0.39, 0.29) is 6.04 Å². The topological polar surface area (TPSA) is 81.4 Å². The summed E-state index contributed by atoms with van der Waals surface area (Å²) in [5.41, 5.74) is 2.54. The Kier molecular flexibility index (Phi) is 3.24. The van der Waals surface area contributed by atoms with Gasteiger partial charge in [-0.25, -0.2) is 9.97 Å². The fourth-order valence-electron chi connectivity index (χ4n) is 2.00. The van der Waals surface area contributed by atoms with Gasteiger partial charge in [0.2, 0.25) is 5.95 Å². The normalized spacial score (nSPS) is 12.5. The van der Waals surface area contributed by atoms with Crippen LogP contribution in [0.2, 0.25) is 0 Å². The van der Waals surface area contributed by atoms with Gasteiger partial charge >= 0.3 is 0 Å². The van der Waals surface area contributed by atoms with E-state index in [0.29, 0.717) is 11.6 Å². The maximum atomic E-state index is 4.39. The van der Waals surface area contributed by atoms with Crippen LogP contribution in [0.5, 0.6) is 0 Å². The average molecular weight is 269 g/mol. The molecule has 3 heterocycles. The Balaban J connectivity index is 1.72. The Morgan fingerprint density at radius 3 is 2.90 bits per heavy atom. The van der Waals surface area contributed by atoms with Crippen LogP contribution in [0.25, 0.3) is 11.2 Å². The molecule has 3 rings (SSSR count). The molecule has 7 nitrogen and oxygen atoms in total. The van der Waals surface area contributed by atoms with Crippen LogP contribution in [0.3, 0.4) is 0 Å². The lowest BCUT2D eigenvalue weighted by atomic mass is 10.2. The molecule has 102 valence electrons. The summed E-state index contributed by atoms with van der Waals surface area (Å²) in [5, 5.41) is 3.25. The van der Waals surface area contributed by atoms with Crippen LogP contribution in [-0.2, 0) is 13.5 Å². The number of anilines is 1. The molecule has 0 spiro atoms. The van der Waals surface area contributed by atoms with Gasteiger partial charge in [-0.3, -0.25) is 9.97 Å². The minimum Gasteiger partial charge on any atom is -0.351 e. The standard InChI is InChI=1S/C13H15N7/c1-9(5-10-6-14-3-4-15-10)18-13-16-7-11-12(19-13)17-8-20(11)2/h3-4,6-9H,5H2,1-2H3,(H,16,18,19). The maximum absolute atomic E-state index is 4.39.